The lowest BCUT2D eigenvalue weighted by Crippen LogP contribution is -2.37. The van der Waals surface area contributed by atoms with E-state index in [4.69, 9.17) is 9.47 Å². The maximum atomic E-state index is 6.98. The molecule has 302 valence electrons. The van der Waals surface area contributed by atoms with E-state index >= 15 is 0 Å². The largest absolute Gasteiger partial charge is 0.370 e. The first-order valence-corrected chi connectivity index (χ1v) is 24.8. The molecule has 0 spiro atoms. The highest BCUT2D eigenvalue weighted by atomic mass is 79.9. The molecule has 4 saturated carbocycles. The van der Waals surface area contributed by atoms with E-state index in [0.29, 0.717) is 0 Å². The average Bonchev–Trinajstić information content (AvgIpc) is 3.20. The molecule has 0 heterocycles. The summed E-state index contributed by atoms with van der Waals surface area (Å²) in [5.74, 6) is 5.73. The Balaban J connectivity index is 0.899. The third-order valence-electron chi connectivity index (χ3n) is 15.2. The van der Waals surface area contributed by atoms with Crippen LogP contribution in [0.5, 0.6) is 0 Å². The van der Waals surface area contributed by atoms with Crippen LogP contribution < -0.4 is 0 Å². The van der Waals surface area contributed by atoms with Gasteiger partial charge in [0.2, 0.25) is 0 Å². The fourth-order valence-electron chi connectivity index (χ4n) is 11.9. The van der Waals surface area contributed by atoms with Crippen LogP contribution >= 0.6 is 31.9 Å². The number of hydrogen-bond donors (Lipinski definition) is 0. The molecule has 0 unspecified atom stereocenters. The van der Waals surface area contributed by atoms with Gasteiger partial charge in [-0.3, -0.25) is 0 Å². The van der Waals surface area contributed by atoms with Gasteiger partial charge in [0.15, 0.2) is 0 Å². The number of rotatable bonds is 19. The number of halogens is 2. The molecule has 2 aromatic rings. The van der Waals surface area contributed by atoms with E-state index in [1.165, 1.54) is 178 Å². The van der Waals surface area contributed by atoms with Crippen molar-refractivity contribution in [2.45, 2.75) is 192 Å². The summed E-state index contributed by atoms with van der Waals surface area (Å²) < 4.78 is 16.3. The second-order valence-electron chi connectivity index (χ2n) is 18.6. The summed E-state index contributed by atoms with van der Waals surface area (Å²) in [4.78, 5) is 0. The van der Waals surface area contributed by atoms with Crippen molar-refractivity contribution >= 4 is 31.9 Å². The molecule has 0 bridgehead atoms. The molecule has 54 heavy (non-hydrogen) atoms. The van der Waals surface area contributed by atoms with Crippen molar-refractivity contribution in [1.29, 1.82) is 0 Å². The molecule has 0 radical (unpaired) electrons. The Morgan fingerprint density at radius 1 is 0.444 bits per heavy atom. The van der Waals surface area contributed by atoms with E-state index < -0.39 is 0 Å². The third kappa shape index (κ3) is 11.9. The lowest BCUT2D eigenvalue weighted by molar-refractivity contribution is -0.0917. The highest BCUT2D eigenvalue weighted by Gasteiger charge is 2.42. The Hall–Kier alpha value is -0.680. The third-order valence-corrected chi connectivity index (χ3v) is 16.3. The second-order valence-corrected chi connectivity index (χ2v) is 20.5. The van der Waals surface area contributed by atoms with Crippen molar-refractivity contribution in [3.05, 3.63) is 68.6 Å². The summed E-state index contributed by atoms with van der Waals surface area (Å²) in [5.41, 5.74) is 2.62. The summed E-state index contributed by atoms with van der Waals surface area (Å²) in [6.45, 7) is 6.50. The quantitative estimate of drug-likeness (QED) is 0.131. The zero-order valence-corrected chi connectivity index (χ0v) is 37.6. The number of unbranched alkanes of at least 4 members (excludes halogenated alkanes) is 5. The minimum absolute atomic E-state index is 0.0913. The molecular weight excluding hydrogens is 792 g/mol. The molecule has 0 N–H and O–H groups in total. The van der Waals surface area contributed by atoms with E-state index in [-0.39, 0.29) is 11.2 Å². The van der Waals surface area contributed by atoms with Crippen molar-refractivity contribution < 1.29 is 9.47 Å². The zero-order valence-electron chi connectivity index (χ0n) is 34.5. The van der Waals surface area contributed by atoms with Gasteiger partial charge in [-0.15, -0.1) is 0 Å². The van der Waals surface area contributed by atoms with E-state index in [1.54, 1.807) is 0 Å². The monoisotopic (exact) mass is 866 g/mol. The van der Waals surface area contributed by atoms with Crippen LogP contribution in [0.4, 0.5) is 0 Å². The molecule has 0 saturated heterocycles. The van der Waals surface area contributed by atoms with Gasteiger partial charge in [-0.25, -0.2) is 0 Å². The van der Waals surface area contributed by atoms with Crippen molar-refractivity contribution in [2.24, 2.45) is 35.5 Å². The maximum Gasteiger partial charge on any atom is 0.0931 e. The van der Waals surface area contributed by atoms with Crippen LogP contribution in [0.2, 0.25) is 0 Å². The van der Waals surface area contributed by atoms with Gasteiger partial charge in [-0.2, -0.15) is 0 Å². The molecular formula is C50H76Br2O2. The van der Waals surface area contributed by atoms with E-state index in [1.807, 2.05) is 0 Å². The highest BCUT2D eigenvalue weighted by molar-refractivity contribution is 9.10. The van der Waals surface area contributed by atoms with Gasteiger partial charge in [0.1, 0.15) is 0 Å². The predicted octanol–water partition coefficient (Wildman–Crippen LogP) is 16.3. The Morgan fingerprint density at radius 2 is 0.759 bits per heavy atom. The summed E-state index contributed by atoms with van der Waals surface area (Å²) >= 11 is 7.35. The molecule has 2 nitrogen and oxygen atoms in total. The van der Waals surface area contributed by atoms with Gasteiger partial charge in [-0.05, 0) is 161 Å². The van der Waals surface area contributed by atoms with E-state index in [9.17, 15) is 0 Å². The van der Waals surface area contributed by atoms with Crippen molar-refractivity contribution in [3.8, 4) is 0 Å². The molecule has 0 amide bonds. The van der Waals surface area contributed by atoms with Crippen LogP contribution in [-0.2, 0) is 20.7 Å². The molecule has 2 aromatic carbocycles. The minimum atomic E-state index is -0.0913. The SMILES string of the molecule is CCCC1CCC(C2CCC(OCCCCCCCCOC3(c4ccc(Br)cc4)CCC(C4CCC(CCC)CC4)CC3)(c3ccc(Br)cc3)CC2)CC1. The molecule has 0 aliphatic heterocycles. The van der Waals surface area contributed by atoms with Crippen LogP contribution in [0.15, 0.2) is 57.5 Å². The highest BCUT2D eigenvalue weighted by Crippen LogP contribution is 2.50. The lowest BCUT2D eigenvalue weighted by atomic mass is 9.66. The van der Waals surface area contributed by atoms with Crippen molar-refractivity contribution in [1.82, 2.24) is 0 Å². The maximum absolute atomic E-state index is 6.98. The van der Waals surface area contributed by atoms with Gasteiger partial charge in [-0.1, -0.05) is 147 Å². The molecule has 4 fully saturated rings. The first-order chi connectivity index (χ1) is 26.4. The number of hydrogen-bond acceptors (Lipinski definition) is 2. The first kappa shape index (κ1) is 42.9. The Bertz CT molecular complexity index is 1200. The van der Waals surface area contributed by atoms with Crippen LogP contribution in [0, 0.1) is 35.5 Å². The van der Waals surface area contributed by atoms with E-state index in [0.717, 1.165) is 57.7 Å². The smallest absolute Gasteiger partial charge is 0.0931 e. The van der Waals surface area contributed by atoms with Gasteiger partial charge in [0.25, 0.3) is 0 Å². The Morgan fingerprint density at radius 3 is 1.09 bits per heavy atom. The number of benzene rings is 2. The molecule has 6 rings (SSSR count). The second kappa shape index (κ2) is 21.9. The van der Waals surface area contributed by atoms with Crippen LogP contribution in [0.1, 0.15) is 192 Å². The first-order valence-electron chi connectivity index (χ1n) is 23.2. The van der Waals surface area contributed by atoms with Crippen molar-refractivity contribution in [3.63, 3.8) is 0 Å². The van der Waals surface area contributed by atoms with Gasteiger partial charge >= 0.3 is 0 Å². The Labute approximate surface area is 348 Å². The molecule has 0 aromatic heterocycles. The molecule has 0 atom stereocenters. The normalized spacial score (nSPS) is 32.1. The lowest BCUT2D eigenvalue weighted by Gasteiger charge is -2.44. The standard InChI is InChI=1S/C50H76Br2O2/c1-3-11-39-13-17-41(18-14-39)43-29-33-49(34-30-43,45-21-25-47(51)26-22-45)53-37-9-7-5-6-8-10-38-54-50(46-23-27-48(52)28-24-46)35-31-44(32-36-50)42-19-15-40(12-4-2)16-20-42/h21-28,39-44H,3-20,29-38H2,1-2H3. The van der Waals surface area contributed by atoms with Crippen LogP contribution in [0.3, 0.4) is 0 Å². The summed E-state index contributed by atoms with van der Waals surface area (Å²) in [5, 5.41) is 0. The van der Waals surface area contributed by atoms with Crippen LogP contribution in [0.25, 0.3) is 0 Å². The summed E-state index contributed by atoms with van der Waals surface area (Å²) in [6, 6.07) is 18.2. The average molecular weight is 869 g/mol. The molecule has 4 aliphatic rings. The van der Waals surface area contributed by atoms with Gasteiger partial charge in [0.05, 0.1) is 11.2 Å². The molecule has 4 heteroatoms. The van der Waals surface area contributed by atoms with E-state index in [2.05, 4.69) is 94.2 Å². The molecule has 4 aliphatic carbocycles. The Kier molecular flexibility index (Phi) is 17.4. The fraction of sp³-hybridized carbons (Fsp3) is 0.760. The zero-order chi connectivity index (χ0) is 37.6. The summed E-state index contributed by atoms with van der Waals surface area (Å²) in [6.07, 6.45) is 35.0. The minimum Gasteiger partial charge on any atom is -0.370 e. The fourth-order valence-corrected chi connectivity index (χ4v) is 12.4. The predicted molar refractivity (Wildman–Crippen MR) is 236 cm³/mol. The summed E-state index contributed by atoms with van der Waals surface area (Å²) in [7, 11) is 0. The van der Waals surface area contributed by atoms with Crippen LogP contribution in [-0.4, -0.2) is 13.2 Å². The van der Waals surface area contributed by atoms with Crippen molar-refractivity contribution in [2.75, 3.05) is 13.2 Å². The topological polar surface area (TPSA) is 18.5 Å². The van der Waals surface area contributed by atoms with Gasteiger partial charge in [0, 0.05) is 22.2 Å². The van der Waals surface area contributed by atoms with Gasteiger partial charge < -0.3 is 9.47 Å². The number of ether oxygens (including phenoxy) is 2.